The molecule has 1 aliphatic rings. The van der Waals surface area contributed by atoms with Gasteiger partial charge in [-0.1, -0.05) is 34.1 Å². The highest BCUT2D eigenvalue weighted by Gasteiger charge is 2.26. The van der Waals surface area contributed by atoms with Crippen LogP contribution in [0.1, 0.15) is 12.0 Å². The fraction of sp³-hybridized carbons (Fsp3) is 0.462. The molecular weight excluding hydrogens is 346 g/mol. The first-order valence-electron chi connectivity index (χ1n) is 6.29. The smallest absolute Gasteiger partial charge is 0.307 e. The number of hydrogen-bond acceptors (Lipinski definition) is 5. The van der Waals surface area contributed by atoms with Gasteiger partial charge in [-0.25, -0.2) is 8.42 Å². The van der Waals surface area contributed by atoms with Gasteiger partial charge >= 0.3 is 5.97 Å². The number of ether oxygens (including phenoxy) is 1. The highest BCUT2D eigenvalue weighted by molar-refractivity contribution is 9.10. The standard InChI is InChI=1S/C13H16BrNO4S/c14-12-4-2-1-3-10(12)8-19-13(16)7-11-9-20(17,18)6-5-15-11/h1-4,11,15H,5-9H2. The maximum Gasteiger partial charge on any atom is 0.307 e. The molecule has 0 radical (unpaired) electrons. The molecule has 110 valence electrons. The summed E-state index contributed by atoms with van der Waals surface area (Å²) in [5, 5.41) is 3.03. The molecule has 0 spiro atoms. The number of benzene rings is 1. The summed E-state index contributed by atoms with van der Waals surface area (Å²) >= 11 is 3.38. The van der Waals surface area contributed by atoms with Crippen molar-refractivity contribution in [1.82, 2.24) is 5.32 Å². The molecule has 0 saturated carbocycles. The van der Waals surface area contributed by atoms with Crippen molar-refractivity contribution in [1.29, 1.82) is 0 Å². The molecule has 1 aromatic rings. The number of rotatable bonds is 4. The van der Waals surface area contributed by atoms with E-state index >= 15 is 0 Å². The Hall–Kier alpha value is -0.920. The molecule has 0 amide bonds. The molecule has 5 nitrogen and oxygen atoms in total. The van der Waals surface area contributed by atoms with Gasteiger partial charge in [-0.3, -0.25) is 4.79 Å². The maximum atomic E-state index is 11.7. The van der Waals surface area contributed by atoms with Crippen LogP contribution in [-0.2, 0) is 26.0 Å². The van der Waals surface area contributed by atoms with Gasteiger partial charge in [0.1, 0.15) is 6.61 Å². The van der Waals surface area contributed by atoms with Gasteiger partial charge < -0.3 is 10.1 Å². The lowest BCUT2D eigenvalue weighted by molar-refractivity contribution is -0.145. The second-order valence-electron chi connectivity index (χ2n) is 4.72. The van der Waals surface area contributed by atoms with Crippen LogP contribution in [0.4, 0.5) is 0 Å². The summed E-state index contributed by atoms with van der Waals surface area (Å²) < 4.78 is 29.0. The summed E-state index contributed by atoms with van der Waals surface area (Å²) in [5.74, 6) is -0.262. The normalized spacial score (nSPS) is 21.4. The number of carbonyl (C=O) groups excluding carboxylic acids is 1. The van der Waals surface area contributed by atoms with Gasteiger partial charge in [0.15, 0.2) is 9.84 Å². The van der Waals surface area contributed by atoms with Crippen molar-refractivity contribution in [2.75, 3.05) is 18.1 Å². The van der Waals surface area contributed by atoms with E-state index in [0.717, 1.165) is 10.0 Å². The summed E-state index contributed by atoms with van der Waals surface area (Å²) in [6.45, 7) is 0.574. The lowest BCUT2D eigenvalue weighted by atomic mass is 10.2. The number of esters is 1. The van der Waals surface area contributed by atoms with Crippen molar-refractivity contribution in [2.24, 2.45) is 0 Å². The van der Waals surface area contributed by atoms with Crippen molar-refractivity contribution < 1.29 is 17.9 Å². The first-order valence-corrected chi connectivity index (χ1v) is 8.90. The average molecular weight is 362 g/mol. The fourth-order valence-electron chi connectivity index (χ4n) is 2.03. The monoisotopic (exact) mass is 361 g/mol. The second-order valence-corrected chi connectivity index (χ2v) is 7.80. The molecule has 1 heterocycles. The minimum Gasteiger partial charge on any atom is -0.461 e. The molecule has 7 heteroatoms. The zero-order valence-corrected chi connectivity index (χ0v) is 13.2. The zero-order valence-electron chi connectivity index (χ0n) is 10.8. The molecule has 1 atom stereocenters. The minimum atomic E-state index is -3.03. The third-order valence-electron chi connectivity index (χ3n) is 3.06. The van der Waals surface area contributed by atoms with Crippen molar-refractivity contribution in [3.63, 3.8) is 0 Å². The Balaban J connectivity index is 1.83. The van der Waals surface area contributed by atoms with Crippen molar-refractivity contribution in [3.05, 3.63) is 34.3 Å². The van der Waals surface area contributed by atoms with Crippen LogP contribution in [0.5, 0.6) is 0 Å². The summed E-state index contributed by atoms with van der Waals surface area (Å²) in [5.41, 5.74) is 0.880. The van der Waals surface area contributed by atoms with Crippen molar-refractivity contribution in [3.8, 4) is 0 Å². The van der Waals surface area contributed by atoms with E-state index in [1.807, 2.05) is 24.3 Å². The Bertz CT molecular complexity index is 588. The molecule has 1 unspecified atom stereocenters. The molecule has 0 aliphatic carbocycles. The predicted molar refractivity (Wildman–Crippen MR) is 79.0 cm³/mol. The summed E-state index contributed by atoms with van der Waals surface area (Å²) in [6, 6.07) is 7.13. The zero-order chi connectivity index (χ0) is 14.6. The quantitative estimate of drug-likeness (QED) is 0.817. The van der Waals surface area contributed by atoms with E-state index in [9.17, 15) is 13.2 Å². The molecule has 20 heavy (non-hydrogen) atoms. The molecule has 1 fully saturated rings. The molecule has 0 aromatic heterocycles. The Kier molecular flexibility index (Phi) is 5.17. The summed E-state index contributed by atoms with van der Waals surface area (Å²) in [4.78, 5) is 11.7. The SMILES string of the molecule is O=C(CC1CS(=O)(=O)CCN1)OCc1ccccc1Br. The Morgan fingerprint density at radius 1 is 1.40 bits per heavy atom. The first-order chi connectivity index (χ1) is 9.46. The van der Waals surface area contributed by atoms with Crippen molar-refractivity contribution in [2.45, 2.75) is 19.1 Å². The van der Waals surface area contributed by atoms with Gasteiger partial charge in [-0.2, -0.15) is 0 Å². The lowest BCUT2D eigenvalue weighted by Crippen LogP contribution is -2.46. The van der Waals surface area contributed by atoms with E-state index < -0.39 is 15.8 Å². The lowest BCUT2D eigenvalue weighted by Gasteiger charge is -2.22. The number of nitrogens with one attached hydrogen (secondary N) is 1. The predicted octanol–water partition coefficient (Wildman–Crippen LogP) is 1.27. The first kappa shape index (κ1) is 15.5. The van der Waals surface area contributed by atoms with E-state index in [1.165, 1.54) is 0 Å². The highest BCUT2D eigenvalue weighted by atomic mass is 79.9. The Morgan fingerprint density at radius 3 is 2.85 bits per heavy atom. The van der Waals surface area contributed by atoms with Crippen LogP contribution in [0.25, 0.3) is 0 Å². The molecule has 1 aromatic carbocycles. The molecular formula is C13H16BrNO4S. The van der Waals surface area contributed by atoms with E-state index in [1.54, 1.807) is 0 Å². The van der Waals surface area contributed by atoms with Gasteiger partial charge in [-0.05, 0) is 6.07 Å². The highest BCUT2D eigenvalue weighted by Crippen LogP contribution is 2.17. The summed E-state index contributed by atoms with van der Waals surface area (Å²) in [7, 11) is -3.03. The molecule has 1 aliphatic heterocycles. The van der Waals surface area contributed by atoms with Crippen LogP contribution in [0, 0.1) is 0 Å². The van der Waals surface area contributed by atoms with Gasteiger partial charge in [0.2, 0.25) is 0 Å². The molecule has 2 rings (SSSR count). The van der Waals surface area contributed by atoms with Crippen LogP contribution < -0.4 is 5.32 Å². The Morgan fingerprint density at radius 2 is 2.15 bits per heavy atom. The van der Waals surface area contributed by atoms with Crippen LogP contribution in [-0.4, -0.2) is 38.5 Å². The second kappa shape index (κ2) is 6.69. The van der Waals surface area contributed by atoms with Gasteiger partial charge in [-0.15, -0.1) is 0 Å². The van der Waals surface area contributed by atoms with Crippen LogP contribution in [0.3, 0.4) is 0 Å². The third-order valence-corrected chi connectivity index (χ3v) is 5.57. The van der Waals surface area contributed by atoms with Crippen LogP contribution in [0.15, 0.2) is 28.7 Å². The fourth-order valence-corrected chi connectivity index (χ4v) is 3.88. The summed E-state index contributed by atoms with van der Waals surface area (Å²) in [6.07, 6.45) is 0.0731. The van der Waals surface area contributed by atoms with Gasteiger partial charge in [0, 0.05) is 22.6 Å². The number of hydrogen-bond donors (Lipinski definition) is 1. The number of halogens is 1. The van der Waals surface area contributed by atoms with Crippen molar-refractivity contribution >= 4 is 31.7 Å². The van der Waals surface area contributed by atoms with Gasteiger partial charge in [0.25, 0.3) is 0 Å². The van der Waals surface area contributed by atoms with E-state index in [2.05, 4.69) is 21.2 Å². The number of sulfone groups is 1. The molecule has 1 saturated heterocycles. The molecule has 0 bridgehead atoms. The molecule has 1 N–H and O–H groups in total. The van der Waals surface area contributed by atoms with E-state index in [0.29, 0.717) is 6.54 Å². The largest absolute Gasteiger partial charge is 0.461 e. The maximum absolute atomic E-state index is 11.7. The minimum absolute atomic E-state index is 0.00285. The van der Waals surface area contributed by atoms with Crippen LogP contribution >= 0.6 is 15.9 Å². The topological polar surface area (TPSA) is 72.5 Å². The number of carbonyl (C=O) groups is 1. The average Bonchev–Trinajstić information content (AvgIpc) is 2.36. The van der Waals surface area contributed by atoms with Crippen LogP contribution in [0.2, 0.25) is 0 Å². The van der Waals surface area contributed by atoms with E-state index in [-0.39, 0.29) is 30.6 Å². The third kappa shape index (κ3) is 4.57. The van der Waals surface area contributed by atoms with Gasteiger partial charge in [0.05, 0.1) is 17.9 Å². The van der Waals surface area contributed by atoms with E-state index in [4.69, 9.17) is 4.74 Å². The Labute approximate surface area is 126 Å².